The number of nitrogens with zero attached hydrogens (tertiary/aromatic N) is 3. The second-order valence-corrected chi connectivity index (χ2v) is 8.43. The number of rotatable bonds is 6. The molecular weight excluding hydrogens is 372 g/mol. The minimum atomic E-state index is -0.206. The van der Waals surface area contributed by atoms with Gasteiger partial charge in [-0.15, -0.1) is 0 Å². The summed E-state index contributed by atoms with van der Waals surface area (Å²) in [6.07, 6.45) is 11.9. The van der Waals surface area contributed by atoms with Gasteiger partial charge in [0.05, 0.1) is 24.2 Å². The first-order chi connectivity index (χ1) is 13.5. The van der Waals surface area contributed by atoms with Gasteiger partial charge in [-0.1, -0.05) is 24.3 Å². The molecule has 4 rings (SSSR count). The quantitative estimate of drug-likeness (QED) is 0.798. The first-order valence-corrected chi connectivity index (χ1v) is 10.3. The summed E-state index contributed by atoms with van der Waals surface area (Å²) in [7, 11) is 0. The molecule has 2 aliphatic rings. The van der Waals surface area contributed by atoms with Gasteiger partial charge in [-0.05, 0) is 57.1 Å². The number of anilines is 1. The fraction of sp³-hybridized carbons (Fsp3) is 0.429. The van der Waals surface area contributed by atoms with Crippen LogP contribution in [0.4, 0.5) is 5.00 Å². The maximum atomic E-state index is 12.9. The largest absolute Gasteiger partial charge is 0.489 e. The molecule has 1 N–H and O–H groups in total. The molecule has 1 unspecified atom stereocenters. The van der Waals surface area contributed by atoms with Crippen molar-refractivity contribution in [2.24, 2.45) is 17.3 Å². The highest BCUT2D eigenvalue weighted by atomic mass is 32.1. The van der Waals surface area contributed by atoms with E-state index in [9.17, 15) is 4.79 Å². The molecule has 0 spiro atoms. The van der Waals surface area contributed by atoms with Crippen LogP contribution in [0.25, 0.3) is 0 Å². The van der Waals surface area contributed by atoms with E-state index in [2.05, 4.69) is 44.0 Å². The summed E-state index contributed by atoms with van der Waals surface area (Å²) in [6.45, 7) is 6.18. The van der Waals surface area contributed by atoms with Gasteiger partial charge in [0.2, 0.25) is 5.91 Å². The van der Waals surface area contributed by atoms with E-state index in [1.165, 1.54) is 11.5 Å². The summed E-state index contributed by atoms with van der Waals surface area (Å²) in [5, 5.41) is 3.83. The highest BCUT2D eigenvalue weighted by molar-refractivity contribution is 7.10. The number of carbonyl (C=O) groups is 1. The van der Waals surface area contributed by atoms with Crippen molar-refractivity contribution in [1.82, 2.24) is 14.3 Å². The van der Waals surface area contributed by atoms with Crippen molar-refractivity contribution in [3.63, 3.8) is 0 Å². The molecule has 0 bridgehead atoms. The Hall–Kier alpha value is -2.54. The van der Waals surface area contributed by atoms with E-state index in [1.54, 1.807) is 6.20 Å². The van der Waals surface area contributed by atoms with E-state index in [0.717, 1.165) is 35.1 Å². The van der Waals surface area contributed by atoms with Gasteiger partial charge < -0.3 is 10.1 Å². The Morgan fingerprint density at radius 3 is 2.89 bits per heavy atom. The lowest BCUT2D eigenvalue weighted by Gasteiger charge is -2.26. The molecule has 28 heavy (non-hydrogen) atoms. The SMILES string of the molecule is Cc1cc(NC(=O)[C@@H]2C[C@@]2(COc2cnc(C)nc2C)C2C=CC=CC2)sn1. The summed E-state index contributed by atoms with van der Waals surface area (Å²) in [5.74, 6) is 1.66. The van der Waals surface area contributed by atoms with Gasteiger partial charge in [-0.25, -0.2) is 9.97 Å². The first kappa shape index (κ1) is 18.8. The van der Waals surface area contributed by atoms with Crippen LogP contribution >= 0.6 is 11.5 Å². The van der Waals surface area contributed by atoms with E-state index in [-0.39, 0.29) is 23.2 Å². The van der Waals surface area contributed by atoms with E-state index in [1.807, 2.05) is 26.8 Å². The molecule has 0 saturated heterocycles. The van der Waals surface area contributed by atoms with Gasteiger partial charge >= 0.3 is 0 Å². The molecule has 6 nitrogen and oxygen atoms in total. The number of aryl methyl sites for hydroxylation is 3. The van der Waals surface area contributed by atoms with E-state index >= 15 is 0 Å². The molecular formula is C21H24N4O2S. The molecule has 0 aromatic carbocycles. The number of aromatic nitrogens is 3. The normalized spacial score (nSPS) is 25.5. The molecule has 2 aromatic rings. The Morgan fingerprint density at radius 2 is 2.21 bits per heavy atom. The average Bonchev–Trinajstić information content (AvgIpc) is 3.29. The van der Waals surface area contributed by atoms with Crippen LogP contribution in [0.2, 0.25) is 0 Å². The first-order valence-electron chi connectivity index (χ1n) is 9.48. The van der Waals surface area contributed by atoms with Gasteiger partial charge in [-0.3, -0.25) is 4.79 Å². The van der Waals surface area contributed by atoms with Gasteiger partial charge in [0, 0.05) is 11.3 Å². The smallest absolute Gasteiger partial charge is 0.228 e. The van der Waals surface area contributed by atoms with E-state index < -0.39 is 0 Å². The Morgan fingerprint density at radius 1 is 1.36 bits per heavy atom. The zero-order chi connectivity index (χ0) is 19.7. The molecule has 1 fully saturated rings. The zero-order valence-electron chi connectivity index (χ0n) is 16.3. The van der Waals surface area contributed by atoms with Crippen LogP contribution in [0.1, 0.15) is 30.1 Å². The van der Waals surface area contributed by atoms with Crippen molar-refractivity contribution >= 4 is 22.4 Å². The molecule has 7 heteroatoms. The maximum Gasteiger partial charge on any atom is 0.228 e. The molecule has 2 heterocycles. The van der Waals surface area contributed by atoms with Crippen molar-refractivity contribution in [1.29, 1.82) is 0 Å². The standard InChI is InChI=1S/C21H24N4O2S/c1-13-9-19(28-25-13)24-20(26)17-10-21(17,16-7-5-4-6-8-16)12-27-18-11-22-15(3)23-14(18)2/h4-7,9,11,16-17H,8,10,12H2,1-3H3,(H,24,26)/t16?,17-,21+/m0/s1. The van der Waals surface area contributed by atoms with Crippen molar-refractivity contribution in [2.45, 2.75) is 33.6 Å². The Balaban J connectivity index is 1.50. The van der Waals surface area contributed by atoms with Crippen LogP contribution in [-0.4, -0.2) is 26.9 Å². The average molecular weight is 397 g/mol. The van der Waals surface area contributed by atoms with Crippen LogP contribution in [0.15, 0.2) is 36.6 Å². The number of nitrogens with one attached hydrogen (secondary N) is 1. The summed E-state index contributed by atoms with van der Waals surface area (Å²) in [5.41, 5.74) is 1.53. The van der Waals surface area contributed by atoms with Crippen LogP contribution in [0.5, 0.6) is 5.75 Å². The number of carbonyl (C=O) groups excluding carboxylic acids is 1. The van der Waals surface area contributed by atoms with Crippen molar-refractivity contribution in [3.05, 3.63) is 53.8 Å². The lowest BCUT2D eigenvalue weighted by Crippen LogP contribution is -2.29. The highest BCUT2D eigenvalue weighted by Gasteiger charge is 2.62. The van der Waals surface area contributed by atoms with E-state index in [0.29, 0.717) is 12.4 Å². The Labute approximate surface area is 168 Å². The molecule has 2 aromatic heterocycles. The summed E-state index contributed by atoms with van der Waals surface area (Å²) in [4.78, 5) is 21.5. The van der Waals surface area contributed by atoms with Crippen LogP contribution < -0.4 is 10.1 Å². The van der Waals surface area contributed by atoms with Gasteiger partial charge in [-0.2, -0.15) is 4.37 Å². The number of ether oxygens (including phenoxy) is 1. The number of allylic oxidation sites excluding steroid dienone is 4. The molecule has 1 amide bonds. The van der Waals surface area contributed by atoms with Crippen LogP contribution in [0.3, 0.4) is 0 Å². The lowest BCUT2D eigenvalue weighted by atomic mass is 9.82. The summed E-state index contributed by atoms with van der Waals surface area (Å²) < 4.78 is 10.4. The van der Waals surface area contributed by atoms with Crippen molar-refractivity contribution in [2.75, 3.05) is 11.9 Å². The van der Waals surface area contributed by atoms with E-state index in [4.69, 9.17) is 4.74 Å². The fourth-order valence-corrected chi connectivity index (χ4v) is 4.58. The predicted molar refractivity (Wildman–Crippen MR) is 109 cm³/mol. The van der Waals surface area contributed by atoms with Crippen LogP contribution in [-0.2, 0) is 4.79 Å². The third-order valence-electron chi connectivity index (χ3n) is 5.58. The highest BCUT2D eigenvalue weighted by Crippen LogP contribution is 2.60. The monoisotopic (exact) mass is 396 g/mol. The second-order valence-electron chi connectivity index (χ2n) is 7.62. The molecule has 0 aliphatic heterocycles. The van der Waals surface area contributed by atoms with Gasteiger partial charge in [0.1, 0.15) is 10.8 Å². The minimum absolute atomic E-state index is 0.0482. The van der Waals surface area contributed by atoms with Crippen LogP contribution in [0, 0.1) is 38.0 Å². The molecule has 1 saturated carbocycles. The molecule has 146 valence electrons. The zero-order valence-corrected chi connectivity index (χ0v) is 17.1. The maximum absolute atomic E-state index is 12.9. The van der Waals surface area contributed by atoms with Gasteiger partial charge in [0.25, 0.3) is 0 Å². The number of hydrogen-bond acceptors (Lipinski definition) is 6. The fourth-order valence-electron chi connectivity index (χ4n) is 3.92. The number of amides is 1. The third kappa shape index (κ3) is 3.71. The lowest BCUT2D eigenvalue weighted by molar-refractivity contribution is -0.118. The summed E-state index contributed by atoms with van der Waals surface area (Å²) in [6, 6.07) is 1.90. The molecule has 0 radical (unpaired) electrons. The topological polar surface area (TPSA) is 77.0 Å². The molecule has 2 aliphatic carbocycles. The number of hydrogen-bond donors (Lipinski definition) is 1. The predicted octanol–water partition coefficient (Wildman–Crippen LogP) is 4.01. The van der Waals surface area contributed by atoms with Gasteiger partial charge in [0.15, 0.2) is 5.75 Å². The van der Waals surface area contributed by atoms with Crippen molar-refractivity contribution < 1.29 is 9.53 Å². The Bertz CT molecular complexity index is 952. The minimum Gasteiger partial charge on any atom is -0.489 e. The third-order valence-corrected chi connectivity index (χ3v) is 6.37. The van der Waals surface area contributed by atoms with Crippen molar-refractivity contribution in [3.8, 4) is 5.75 Å². The second kappa shape index (κ2) is 7.47. The summed E-state index contributed by atoms with van der Waals surface area (Å²) >= 11 is 1.32. The molecule has 3 atom stereocenters. The Kier molecular flexibility index (Phi) is 5.02.